The van der Waals surface area contributed by atoms with Crippen LogP contribution in [0.5, 0.6) is 5.75 Å². The highest BCUT2D eigenvalue weighted by atomic mass is 35.5. The third-order valence-corrected chi connectivity index (χ3v) is 8.49. The van der Waals surface area contributed by atoms with Crippen LogP contribution in [-0.2, 0) is 10.0 Å². The molecule has 41 heavy (non-hydrogen) atoms. The Morgan fingerprint density at radius 3 is 2.34 bits per heavy atom. The van der Waals surface area contributed by atoms with Crippen molar-refractivity contribution >= 4 is 28.3 Å². The molecule has 0 heterocycles. The van der Waals surface area contributed by atoms with Gasteiger partial charge < -0.3 is 20.3 Å². The maximum atomic E-state index is 13.0. The highest BCUT2D eigenvalue weighted by molar-refractivity contribution is 7.90. The highest BCUT2D eigenvalue weighted by Gasteiger charge is 2.25. The van der Waals surface area contributed by atoms with Gasteiger partial charge >= 0.3 is 0 Å². The minimum Gasteiger partial charge on any atom is -0.492 e. The van der Waals surface area contributed by atoms with Gasteiger partial charge in [0.15, 0.2) is 0 Å². The monoisotopic (exact) mass is 602 g/mol. The molecule has 1 saturated carbocycles. The quantitative estimate of drug-likeness (QED) is 0.199. The number of aliphatic hydroxyl groups is 2. The molecule has 1 aliphatic carbocycles. The normalized spacial score (nSPS) is 14.3. The SMILES string of the molecule is Cl.O=C(NS(=O)(=O)CCCO)c1ccc(-c2ccc(OCCNC[C@@H](O)c3ccccc3)cc2)cc1C1CCCC1. The molecule has 3 aromatic rings. The number of ether oxygens (including phenoxy) is 1. The zero-order valence-corrected chi connectivity index (χ0v) is 24.6. The van der Waals surface area contributed by atoms with Gasteiger partial charge in [0.1, 0.15) is 12.4 Å². The molecule has 4 N–H and O–H groups in total. The summed E-state index contributed by atoms with van der Waals surface area (Å²) in [5.41, 5.74) is 4.05. The summed E-state index contributed by atoms with van der Waals surface area (Å²) in [6, 6.07) is 22.8. The third kappa shape index (κ3) is 9.55. The number of carbonyl (C=O) groups excluding carboxylic acids is 1. The van der Waals surface area contributed by atoms with E-state index in [1.807, 2.05) is 66.7 Å². The number of amides is 1. The molecule has 1 fully saturated rings. The fourth-order valence-electron chi connectivity index (χ4n) is 5.04. The predicted octanol–water partition coefficient (Wildman–Crippen LogP) is 4.58. The Hall–Kier alpha value is -2.95. The first-order valence-corrected chi connectivity index (χ1v) is 15.5. The molecule has 0 radical (unpaired) electrons. The average Bonchev–Trinajstić information content (AvgIpc) is 3.51. The van der Waals surface area contributed by atoms with Gasteiger partial charge in [-0.05, 0) is 65.6 Å². The summed E-state index contributed by atoms with van der Waals surface area (Å²) in [5, 5.41) is 22.4. The molecule has 8 nitrogen and oxygen atoms in total. The standard InChI is InChI=1S/C31H38N2O6S.ClH/c34-18-6-20-40(37,38)33-31(36)28-16-13-26(21-29(28)24-7-4-5-8-24)23-11-14-27(15-12-23)39-19-17-32-22-30(35)25-9-2-1-3-10-25;/h1-3,9-16,21,24,30,32,34-35H,4-8,17-20,22H2,(H,33,36);1H/t30-;/m1./s1. The van der Waals surface area contributed by atoms with Gasteiger partial charge in [-0.1, -0.05) is 67.4 Å². The lowest BCUT2D eigenvalue weighted by Gasteiger charge is -2.17. The van der Waals surface area contributed by atoms with Crippen molar-refractivity contribution in [3.05, 3.63) is 89.5 Å². The first kappa shape index (κ1) is 32.6. The van der Waals surface area contributed by atoms with Crippen LogP contribution in [0.4, 0.5) is 0 Å². The van der Waals surface area contributed by atoms with E-state index in [1.54, 1.807) is 6.07 Å². The van der Waals surface area contributed by atoms with E-state index in [0.29, 0.717) is 25.3 Å². The number of aliphatic hydroxyl groups excluding tert-OH is 2. The number of halogens is 1. The summed E-state index contributed by atoms with van der Waals surface area (Å²) in [6.45, 7) is 1.24. The van der Waals surface area contributed by atoms with Crippen molar-refractivity contribution in [2.24, 2.45) is 0 Å². The van der Waals surface area contributed by atoms with Crippen molar-refractivity contribution in [2.45, 2.75) is 44.1 Å². The number of rotatable bonds is 14. The Labute approximate surface area is 248 Å². The molecule has 1 aliphatic rings. The predicted molar refractivity (Wildman–Crippen MR) is 163 cm³/mol. The maximum absolute atomic E-state index is 13.0. The molecule has 0 saturated heterocycles. The van der Waals surface area contributed by atoms with Crippen molar-refractivity contribution in [3.8, 4) is 16.9 Å². The molecule has 10 heteroatoms. The van der Waals surface area contributed by atoms with Crippen molar-refractivity contribution in [1.82, 2.24) is 10.0 Å². The maximum Gasteiger partial charge on any atom is 0.265 e. The van der Waals surface area contributed by atoms with Gasteiger partial charge in [0.2, 0.25) is 10.0 Å². The van der Waals surface area contributed by atoms with Crippen LogP contribution in [0.3, 0.4) is 0 Å². The highest BCUT2D eigenvalue weighted by Crippen LogP contribution is 2.38. The van der Waals surface area contributed by atoms with Gasteiger partial charge in [0, 0.05) is 25.3 Å². The minimum atomic E-state index is -3.82. The van der Waals surface area contributed by atoms with Gasteiger partial charge in [-0.25, -0.2) is 13.1 Å². The van der Waals surface area contributed by atoms with E-state index in [0.717, 1.165) is 53.7 Å². The molecule has 0 aromatic heterocycles. The fourth-order valence-corrected chi connectivity index (χ4v) is 6.05. The van der Waals surface area contributed by atoms with E-state index in [4.69, 9.17) is 9.84 Å². The Balaban J connectivity index is 0.00000462. The lowest BCUT2D eigenvalue weighted by atomic mass is 9.89. The Bertz CT molecular complexity index is 1350. The molecule has 1 atom stereocenters. The molecule has 0 bridgehead atoms. The third-order valence-electron chi connectivity index (χ3n) is 7.17. The largest absolute Gasteiger partial charge is 0.492 e. The molecule has 3 aromatic carbocycles. The van der Waals surface area contributed by atoms with Crippen LogP contribution < -0.4 is 14.8 Å². The first-order chi connectivity index (χ1) is 19.4. The van der Waals surface area contributed by atoms with Crippen LogP contribution in [0.25, 0.3) is 11.1 Å². The average molecular weight is 603 g/mol. The van der Waals surface area contributed by atoms with E-state index in [1.165, 1.54) is 0 Å². The van der Waals surface area contributed by atoms with E-state index >= 15 is 0 Å². The van der Waals surface area contributed by atoms with Crippen LogP contribution >= 0.6 is 12.4 Å². The van der Waals surface area contributed by atoms with Crippen LogP contribution in [0.1, 0.15) is 65.6 Å². The Kier molecular flexibility index (Phi) is 12.6. The smallest absolute Gasteiger partial charge is 0.265 e. The summed E-state index contributed by atoms with van der Waals surface area (Å²) >= 11 is 0. The van der Waals surface area contributed by atoms with E-state index in [9.17, 15) is 18.3 Å². The molecular weight excluding hydrogens is 564 g/mol. The number of sulfonamides is 1. The molecule has 222 valence electrons. The number of benzene rings is 3. The Morgan fingerprint density at radius 1 is 0.976 bits per heavy atom. The molecule has 0 spiro atoms. The van der Waals surface area contributed by atoms with E-state index in [-0.39, 0.29) is 37.1 Å². The zero-order valence-electron chi connectivity index (χ0n) is 23.0. The summed E-state index contributed by atoms with van der Waals surface area (Å²) in [5.74, 6) is 0.0114. The van der Waals surface area contributed by atoms with Crippen molar-refractivity contribution < 1.29 is 28.2 Å². The van der Waals surface area contributed by atoms with E-state index < -0.39 is 22.0 Å². The minimum absolute atomic E-state index is 0. The summed E-state index contributed by atoms with van der Waals surface area (Å²) in [7, 11) is -3.82. The lowest BCUT2D eigenvalue weighted by Crippen LogP contribution is -2.33. The van der Waals surface area contributed by atoms with Gasteiger partial charge in [-0.3, -0.25) is 4.79 Å². The number of hydrogen-bond donors (Lipinski definition) is 4. The molecule has 0 aliphatic heterocycles. The number of hydrogen-bond acceptors (Lipinski definition) is 7. The molecule has 1 amide bonds. The van der Waals surface area contributed by atoms with Crippen molar-refractivity contribution in [1.29, 1.82) is 0 Å². The number of carbonyl (C=O) groups is 1. The van der Waals surface area contributed by atoms with Gasteiger partial charge in [-0.2, -0.15) is 0 Å². The molecule has 4 rings (SSSR count). The number of nitrogens with one attached hydrogen (secondary N) is 2. The van der Waals surface area contributed by atoms with Crippen LogP contribution in [0, 0.1) is 0 Å². The molecule has 0 unspecified atom stereocenters. The second kappa shape index (κ2) is 15.9. The van der Waals surface area contributed by atoms with Crippen LogP contribution in [0.2, 0.25) is 0 Å². The van der Waals surface area contributed by atoms with Gasteiger partial charge in [0.05, 0.1) is 11.9 Å². The van der Waals surface area contributed by atoms with Crippen molar-refractivity contribution in [3.63, 3.8) is 0 Å². The second-order valence-electron chi connectivity index (χ2n) is 10.1. The van der Waals surface area contributed by atoms with Crippen LogP contribution in [-0.4, -0.2) is 56.6 Å². The summed E-state index contributed by atoms with van der Waals surface area (Å²) in [6.07, 6.45) is 3.59. The summed E-state index contributed by atoms with van der Waals surface area (Å²) in [4.78, 5) is 13.0. The Morgan fingerprint density at radius 2 is 1.66 bits per heavy atom. The lowest BCUT2D eigenvalue weighted by molar-refractivity contribution is 0.0980. The van der Waals surface area contributed by atoms with E-state index in [2.05, 4.69) is 10.0 Å². The molecular formula is C31H39ClN2O6S. The first-order valence-electron chi connectivity index (χ1n) is 13.8. The summed E-state index contributed by atoms with van der Waals surface area (Å²) < 4.78 is 32.5. The zero-order chi connectivity index (χ0) is 28.4. The van der Waals surface area contributed by atoms with Gasteiger partial charge in [-0.15, -0.1) is 12.4 Å². The van der Waals surface area contributed by atoms with Crippen LogP contribution in [0.15, 0.2) is 72.8 Å². The van der Waals surface area contributed by atoms with Crippen molar-refractivity contribution in [2.75, 3.05) is 32.1 Å². The second-order valence-corrected chi connectivity index (χ2v) is 12.0. The topological polar surface area (TPSA) is 125 Å². The van der Waals surface area contributed by atoms with Gasteiger partial charge in [0.25, 0.3) is 5.91 Å². The fraction of sp³-hybridized carbons (Fsp3) is 0.387.